The second-order valence-corrected chi connectivity index (χ2v) is 4.41. The number of hydrogen-bond acceptors (Lipinski definition) is 3. The lowest BCUT2D eigenvalue weighted by Crippen LogP contribution is -2.14. The monoisotopic (exact) mass is 238 g/mol. The molecule has 0 aliphatic rings. The Bertz CT molecular complexity index is 306. The SMILES string of the molecule is COCCC(C)Oc1ccc(CC(C)O)cc1. The fraction of sp³-hybridized carbons (Fsp3) is 0.571. The van der Waals surface area contributed by atoms with Gasteiger partial charge in [-0.25, -0.2) is 0 Å². The number of hydrogen-bond donors (Lipinski definition) is 1. The molecule has 2 unspecified atom stereocenters. The normalized spacial score (nSPS) is 14.4. The summed E-state index contributed by atoms with van der Waals surface area (Å²) in [4.78, 5) is 0. The van der Waals surface area contributed by atoms with Gasteiger partial charge in [0.1, 0.15) is 5.75 Å². The van der Waals surface area contributed by atoms with Crippen molar-refractivity contribution in [3.63, 3.8) is 0 Å². The highest BCUT2D eigenvalue weighted by molar-refractivity contribution is 5.27. The summed E-state index contributed by atoms with van der Waals surface area (Å²) in [5.41, 5.74) is 1.12. The third-order valence-electron chi connectivity index (χ3n) is 2.52. The van der Waals surface area contributed by atoms with E-state index in [1.54, 1.807) is 14.0 Å². The van der Waals surface area contributed by atoms with Gasteiger partial charge in [-0.15, -0.1) is 0 Å². The average Bonchev–Trinajstić information content (AvgIpc) is 2.28. The van der Waals surface area contributed by atoms with Crippen LogP contribution in [-0.4, -0.2) is 31.0 Å². The third kappa shape index (κ3) is 5.71. The highest BCUT2D eigenvalue weighted by Crippen LogP contribution is 2.15. The van der Waals surface area contributed by atoms with Gasteiger partial charge in [0.05, 0.1) is 12.2 Å². The Morgan fingerprint density at radius 2 is 1.82 bits per heavy atom. The Morgan fingerprint density at radius 1 is 1.18 bits per heavy atom. The first kappa shape index (κ1) is 14.0. The first-order valence-corrected chi connectivity index (χ1v) is 6.04. The lowest BCUT2D eigenvalue weighted by Gasteiger charge is -2.14. The summed E-state index contributed by atoms with van der Waals surface area (Å²) in [5, 5.41) is 9.27. The smallest absolute Gasteiger partial charge is 0.119 e. The number of ether oxygens (including phenoxy) is 2. The molecule has 1 aromatic rings. The predicted octanol–water partition coefficient (Wildman–Crippen LogP) is 2.41. The van der Waals surface area contributed by atoms with Crippen LogP contribution in [0.1, 0.15) is 25.8 Å². The molecule has 0 spiro atoms. The third-order valence-corrected chi connectivity index (χ3v) is 2.52. The minimum Gasteiger partial charge on any atom is -0.491 e. The van der Waals surface area contributed by atoms with Crippen LogP contribution in [0.15, 0.2) is 24.3 Å². The van der Waals surface area contributed by atoms with Crippen molar-refractivity contribution < 1.29 is 14.6 Å². The van der Waals surface area contributed by atoms with Gasteiger partial charge in [-0.3, -0.25) is 0 Å². The van der Waals surface area contributed by atoms with Crippen molar-refractivity contribution in [1.29, 1.82) is 0 Å². The summed E-state index contributed by atoms with van der Waals surface area (Å²) in [5.74, 6) is 0.864. The molecule has 17 heavy (non-hydrogen) atoms. The van der Waals surface area contributed by atoms with E-state index in [2.05, 4.69) is 0 Å². The Balaban J connectivity index is 2.44. The van der Waals surface area contributed by atoms with E-state index in [1.807, 2.05) is 31.2 Å². The van der Waals surface area contributed by atoms with Crippen LogP contribution in [-0.2, 0) is 11.2 Å². The number of aliphatic hydroxyl groups is 1. The minimum atomic E-state index is -0.303. The van der Waals surface area contributed by atoms with Crippen LogP contribution in [0.4, 0.5) is 0 Å². The van der Waals surface area contributed by atoms with E-state index in [9.17, 15) is 5.11 Å². The molecular formula is C14H22O3. The zero-order valence-corrected chi connectivity index (χ0v) is 10.8. The Kier molecular flexibility index (Phi) is 6.01. The molecule has 0 aliphatic heterocycles. The van der Waals surface area contributed by atoms with Crippen LogP contribution in [0.5, 0.6) is 5.75 Å². The maximum Gasteiger partial charge on any atom is 0.119 e. The van der Waals surface area contributed by atoms with E-state index >= 15 is 0 Å². The summed E-state index contributed by atoms with van der Waals surface area (Å²) in [6.07, 6.45) is 1.41. The van der Waals surface area contributed by atoms with Crippen LogP contribution >= 0.6 is 0 Å². The van der Waals surface area contributed by atoms with Gasteiger partial charge in [0.25, 0.3) is 0 Å². The first-order chi connectivity index (χ1) is 8.11. The number of aliphatic hydroxyl groups excluding tert-OH is 1. The lowest BCUT2D eigenvalue weighted by atomic mass is 10.1. The van der Waals surface area contributed by atoms with Crippen molar-refractivity contribution in [2.45, 2.75) is 38.9 Å². The zero-order chi connectivity index (χ0) is 12.7. The molecule has 0 radical (unpaired) electrons. The molecule has 1 rings (SSSR count). The highest BCUT2D eigenvalue weighted by atomic mass is 16.5. The fourth-order valence-corrected chi connectivity index (χ4v) is 1.62. The maximum absolute atomic E-state index is 9.27. The Morgan fingerprint density at radius 3 is 2.35 bits per heavy atom. The molecular weight excluding hydrogens is 216 g/mol. The zero-order valence-electron chi connectivity index (χ0n) is 10.8. The van der Waals surface area contributed by atoms with Crippen molar-refractivity contribution >= 4 is 0 Å². The first-order valence-electron chi connectivity index (χ1n) is 6.04. The minimum absolute atomic E-state index is 0.151. The Labute approximate surface area is 103 Å². The molecule has 96 valence electrons. The molecule has 1 aromatic carbocycles. The van der Waals surface area contributed by atoms with Gasteiger partial charge >= 0.3 is 0 Å². The maximum atomic E-state index is 9.27. The molecule has 3 heteroatoms. The fourth-order valence-electron chi connectivity index (χ4n) is 1.62. The molecule has 0 bridgehead atoms. The van der Waals surface area contributed by atoms with E-state index in [-0.39, 0.29) is 12.2 Å². The van der Waals surface area contributed by atoms with Gasteiger partial charge < -0.3 is 14.6 Å². The van der Waals surface area contributed by atoms with E-state index in [1.165, 1.54) is 0 Å². The molecule has 2 atom stereocenters. The van der Waals surface area contributed by atoms with E-state index < -0.39 is 0 Å². The molecule has 1 N–H and O–H groups in total. The van der Waals surface area contributed by atoms with Crippen molar-refractivity contribution in [3.8, 4) is 5.75 Å². The summed E-state index contributed by atoms with van der Waals surface area (Å²) >= 11 is 0. The lowest BCUT2D eigenvalue weighted by molar-refractivity contribution is 0.135. The van der Waals surface area contributed by atoms with Crippen LogP contribution in [0.3, 0.4) is 0 Å². The van der Waals surface area contributed by atoms with Crippen molar-refractivity contribution in [3.05, 3.63) is 29.8 Å². The molecule has 0 amide bonds. The van der Waals surface area contributed by atoms with Gasteiger partial charge in [-0.2, -0.15) is 0 Å². The van der Waals surface area contributed by atoms with Gasteiger partial charge in [0, 0.05) is 20.1 Å². The molecule has 0 saturated heterocycles. The molecule has 0 fully saturated rings. The van der Waals surface area contributed by atoms with E-state index in [4.69, 9.17) is 9.47 Å². The van der Waals surface area contributed by atoms with E-state index in [0.717, 1.165) is 17.7 Å². The topological polar surface area (TPSA) is 38.7 Å². The van der Waals surface area contributed by atoms with Crippen LogP contribution in [0, 0.1) is 0 Å². The van der Waals surface area contributed by atoms with Crippen molar-refractivity contribution in [2.24, 2.45) is 0 Å². The summed E-state index contributed by atoms with van der Waals surface area (Å²) in [7, 11) is 1.69. The summed E-state index contributed by atoms with van der Waals surface area (Å²) < 4.78 is 10.7. The number of benzene rings is 1. The van der Waals surface area contributed by atoms with Gasteiger partial charge in [-0.05, 0) is 38.0 Å². The molecule has 0 aromatic heterocycles. The standard InChI is InChI=1S/C14H22O3/c1-11(15)10-13-4-6-14(7-5-13)17-12(2)8-9-16-3/h4-7,11-12,15H,8-10H2,1-3H3. The number of rotatable bonds is 7. The van der Waals surface area contributed by atoms with Crippen LogP contribution < -0.4 is 4.74 Å². The van der Waals surface area contributed by atoms with E-state index in [0.29, 0.717) is 13.0 Å². The van der Waals surface area contributed by atoms with Crippen molar-refractivity contribution in [1.82, 2.24) is 0 Å². The average molecular weight is 238 g/mol. The quantitative estimate of drug-likeness (QED) is 0.793. The number of methoxy groups -OCH3 is 1. The highest BCUT2D eigenvalue weighted by Gasteiger charge is 2.04. The van der Waals surface area contributed by atoms with Gasteiger partial charge in [0.2, 0.25) is 0 Å². The van der Waals surface area contributed by atoms with Crippen LogP contribution in [0.25, 0.3) is 0 Å². The van der Waals surface area contributed by atoms with Gasteiger partial charge in [-0.1, -0.05) is 12.1 Å². The summed E-state index contributed by atoms with van der Waals surface area (Å²) in [6.45, 7) is 4.53. The van der Waals surface area contributed by atoms with Crippen molar-refractivity contribution in [2.75, 3.05) is 13.7 Å². The summed E-state index contributed by atoms with van der Waals surface area (Å²) in [6, 6.07) is 7.87. The van der Waals surface area contributed by atoms with Gasteiger partial charge in [0.15, 0.2) is 0 Å². The molecule has 3 nitrogen and oxygen atoms in total. The second kappa shape index (κ2) is 7.30. The second-order valence-electron chi connectivity index (χ2n) is 4.41. The Hall–Kier alpha value is -1.06. The van der Waals surface area contributed by atoms with Crippen LogP contribution in [0.2, 0.25) is 0 Å². The molecule has 0 aliphatic carbocycles. The largest absolute Gasteiger partial charge is 0.491 e. The predicted molar refractivity (Wildman–Crippen MR) is 68.4 cm³/mol. The molecule has 0 saturated carbocycles. The molecule has 0 heterocycles.